The summed E-state index contributed by atoms with van der Waals surface area (Å²) >= 11 is 0. The van der Waals surface area contributed by atoms with E-state index in [4.69, 9.17) is 5.11 Å². The lowest BCUT2D eigenvalue weighted by molar-refractivity contribution is 0.0690. The third kappa shape index (κ3) is 4.47. The highest BCUT2D eigenvalue weighted by Crippen LogP contribution is 2.00. The van der Waals surface area contributed by atoms with Crippen molar-refractivity contribution in [2.75, 3.05) is 6.54 Å². The van der Waals surface area contributed by atoms with Crippen molar-refractivity contribution >= 4 is 16.2 Å². The molecule has 0 fully saturated rings. The Balaban J connectivity index is 2.62. The molecule has 17 heavy (non-hydrogen) atoms. The Bertz CT molecular complexity index is 483. The van der Waals surface area contributed by atoms with E-state index in [0.717, 1.165) is 0 Å². The van der Waals surface area contributed by atoms with Gasteiger partial charge in [-0.1, -0.05) is 13.0 Å². The lowest BCUT2D eigenvalue weighted by Crippen LogP contribution is -2.35. The predicted octanol–water partition coefficient (Wildman–Crippen LogP) is -0.276. The summed E-state index contributed by atoms with van der Waals surface area (Å²) in [5.41, 5.74) is 0.500. The number of nitrogens with one attached hydrogen (secondary N) is 2. The first-order valence-corrected chi connectivity index (χ1v) is 6.35. The number of rotatable bonds is 6. The number of carboxylic acid groups (broad SMARTS) is 1. The fourth-order valence-electron chi connectivity index (χ4n) is 1.07. The number of pyridine rings is 1. The van der Waals surface area contributed by atoms with Crippen LogP contribution in [0, 0.1) is 0 Å². The molecule has 1 rings (SSSR count). The monoisotopic (exact) mass is 259 g/mol. The molecular formula is C9H13N3O4S. The van der Waals surface area contributed by atoms with Crippen LogP contribution in [0.25, 0.3) is 0 Å². The van der Waals surface area contributed by atoms with Gasteiger partial charge in [-0.25, -0.2) is 14.5 Å². The number of hydrogen-bond donors (Lipinski definition) is 3. The van der Waals surface area contributed by atoms with Crippen LogP contribution in [0.5, 0.6) is 0 Å². The molecule has 0 saturated heterocycles. The summed E-state index contributed by atoms with van der Waals surface area (Å²) in [4.78, 5) is 14.2. The molecule has 0 spiro atoms. The van der Waals surface area contributed by atoms with Gasteiger partial charge in [0.1, 0.15) is 5.69 Å². The SMILES string of the molecule is CCNS(=O)(=O)NCc1ccc(C(=O)O)nc1. The molecule has 0 aliphatic carbocycles. The van der Waals surface area contributed by atoms with Gasteiger partial charge in [-0.15, -0.1) is 0 Å². The van der Waals surface area contributed by atoms with E-state index >= 15 is 0 Å². The summed E-state index contributed by atoms with van der Waals surface area (Å²) in [6, 6.07) is 2.82. The fourth-order valence-corrected chi connectivity index (χ4v) is 1.91. The van der Waals surface area contributed by atoms with Crippen molar-refractivity contribution in [3.63, 3.8) is 0 Å². The molecule has 94 valence electrons. The van der Waals surface area contributed by atoms with Gasteiger partial charge >= 0.3 is 5.97 Å². The maximum absolute atomic E-state index is 11.2. The fraction of sp³-hybridized carbons (Fsp3) is 0.333. The zero-order valence-electron chi connectivity index (χ0n) is 9.17. The van der Waals surface area contributed by atoms with E-state index < -0.39 is 16.2 Å². The van der Waals surface area contributed by atoms with Gasteiger partial charge in [-0.3, -0.25) is 0 Å². The molecule has 1 heterocycles. The van der Waals surface area contributed by atoms with Gasteiger partial charge in [0.15, 0.2) is 0 Å². The first-order chi connectivity index (χ1) is 7.94. The van der Waals surface area contributed by atoms with Crippen molar-refractivity contribution in [3.05, 3.63) is 29.6 Å². The molecule has 0 bridgehead atoms. The van der Waals surface area contributed by atoms with Gasteiger partial charge in [-0.05, 0) is 11.6 Å². The lowest BCUT2D eigenvalue weighted by Gasteiger charge is -2.06. The van der Waals surface area contributed by atoms with Crippen LogP contribution in [0.3, 0.4) is 0 Å². The molecule has 8 heteroatoms. The van der Waals surface area contributed by atoms with Crippen LogP contribution < -0.4 is 9.44 Å². The summed E-state index contributed by atoms with van der Waals surface area (Å²) in [5.74, 6) is -1.12. The Labute approximate surface area is 99.1 Å². The largest absolute Gasteiger partial charge is 0.477 e. The molecular weight excluding hydrogens is 246 g/mol. The summed E-state index contributed by atoms with van der Waals surface area (Å²) in [5, 5.41) is 8.62. The van der Waals surface area contributed by atoms with E-state index in [2.05, 4.69) is 14.4 Å². The molecule has 0 saturated carbocycles. The van der Waals surface area contributed by atoms with Crippen molar-refractivity contribution < 1.29 is 18.3 Å². The average molecular weight is 259 g/mol. The zero-order valence-corrected chi connectivity index (χ0v) is 9.99. The van der Waals surface area contributed by atoms with Gasteiger partial charge < -0.3 is 5.11 Å². The first-order valence-electron chi connectivity index (χ1n) is 4.87. The quantitative estimate of drug-likeness (QED) is 0.651. The highest BCUT2D eigenvalue weighted by atomic mass is 32.2. The normalized spacial score (nSPS) is 11.4. The second-order valence-electron chi connectivity index (χ2n) is 3.18. The number of aromatic nitrogens is 1. The van der Waals surface area contributed by atoms with Crippen molar-refractivity contribution in [2.24, 2.45) is 0 Å². The highest BCUT2D eigenvalue weighted by Gasteiger charge is 2.08. The minimum Gasteiger partial charge on any atom is -0.477 e. The minimum atomic E-state index is -3.50. The van der Waals surface area contributed by atoms with E-state index in [1.165, 1.54) is 18.3 Å². The standard InChI is InChI=1S/C9H13N3O4S/c1-2-11-17(15,16)12-6-7-3-4-8(9(13)14)10-5-7/h3-5,11-12H,2,6H2,1H3,(H,13,14). The number of hydrogen-bond acceptors (Lipinski definition) is 4. The second kappa shape index (κ2) is 5.71. The van der Waals surface area contributed by atoms with Crippen molar-refractivity contribution in [1.82, 2.24) is 14.4 Å². The van der Waals surface area contributed by atoms with Crippen molar-refractivity contribution in [3.8, 4) is 0 Å². The molecule has 0 atom stereocenters. The summed E-state index contributed by atoms with van der Waals surface area (Å²) in [6.45, 7) is 2.02. The second-order valence-corrected chi connectivity index (χ2v) is 4.76. The molecule has 1 aromatic rings. The van der Waals surface area contributed by atoms with Crippen LogP contribution >= 0.6 is 0 Å². The molecule has 0 unspecified atom stereocenters. The van der Waals surface area contributed by atoms with Gasteiger partial charge in [0.2, 0.25) is 0 Å². The Morgan fingerprint density at radius 3 is 2.59 bits per heavy atom. The summed E-state index contributed by atoms with van der Waals surface area (Å²) in [6.07, 6.45) is 1.32. The number of aromatic carboxylic acids is 1. The van der Waals surface area contributed by atoms with Crippen LogP contribution in [0.1, 0.15) is 23.0 Å². The number of carboxylic acids is 1. The smallest absolute Gasteiger partial charge is 0.354 e. The highest BCUT2D eigenvalue weighted by molar-refractivity contribution is 7.87. The van der Waals surface area contributed by atoms with Crippen LogP contribution in [0.4, 0.5) is 0 Å². The Morgan fingerprint density at radius 1 is 1.41 bits per heavy atom. The zero-order chi connectivity index (χ0) is 12.9. The van der Waals surface area contributed by atoms with Gasteiger partial charge in [0.05, 0.1) is 0 Å². The van der Waals surface area contributed by atoms with Crippen LogP contribution in [0.15, 0.2) is 18.3 Å². The average Bonchev–Trinajstić information content (AvgIpc) is 2.27. The van der Waals surface area contributed by atoms with Gasteiger partial charge in [0.25, 0.3) is 10.2 Å². The van der Waals surface area contributed by atoms with Crippen molar-refractivity contribution in [1.29, 1.82) is 0 Å². The third-order valence-corrected chi connectivity index (χ3v) is 3.04. The molecule has 0 aromatic carbocycles. The molecule has 0 radical (unpaired) electrons. The molecule has 7 nitrogen and oxygen atoms in total. The van der Waals surface area contributed by atoms with E-state index in [-0.39, 0.29) is 12.2 Å². The Morgan fingerprint density at radius 2 is 2.12 bits per heavy atom. The number of nitrogens with zero attached hydrogens (tertiary/aromatic N) is 1. The summed E-state index contributed by atoms with van der Waals surface area (Å²) < 4.78 is 27.1. The predicted molar refractivity (Wildman–Crippen MR) is 60.6 cm³/mol. The number of carbonyl (C=O) groups is 1. The van der Waals surface area contributed by atoms with E-state index in [0.29, 0.717) is 12.1 Å². The molecule has 0 aliphatic heterocycles. The van der Waals surface area contributed by atoms with Gasteiger partial charge in [0, 0.05) is 19.3 Å². The van der Waals surface area contributed by atoms with E-state index in [9.17, 15) is 13.2 Å². The molecule has 1 aromatic heterocycles. The van der Waals surface area contributed by atoms with Crippen molar-refractivity contribution in [2.45, 2.75) is 13.5 Å². The van der Waals surface area contributed by atoms with E-state index in [1.807, 2.05) is 0 Å². The van der Waals surface area contributed by atoms with Crippen LogP contribution in [-0.2, 0) is 16.8 Å². The molecule has 0 amide bonds. The minimum absolute atomic E-state index is 0.0578. The first kappa shape index (κ1) is 13.6. The summed E-state index contributed by atoms with van der Waals surface area (Å²) in [7, 11) is -3.50. The lowest BCUT2D eigenvalue weighted by atomic mass is 10.2. The molecule has 3 N–H and O–H groups in total. The van der Waals surface area contributed by atoms with Crippen LogP contribution in [-0.4, -0.2) is 31.0 Å². The molecule has 0 aliphatic rings. The third-order valence-electron chi connectivity index (χ3n) is 1.84. The van der Waals surface area contributed by atoms with E-state index in [1.54, 1.807) is 6.92 Å². The Hall–Kier alpha value is -1.51. The maximum atomic E-state index is 11.2. The van der Waals surface area contributed by atoms with Gasteiger partial charge in [-0.2, -0.15) is 13.1 Å². The van der Waals surface area contributed by atoms with Crippen LogP contribution in [0.2, 0.25) is 0 Å². The maximum Gasteiger partial charge on any atom is 0.354 e. The Kier molecular flexibility index (Phi) is 4.55. The topological polar surface area (TPSA) is 108 Å².